The zero-order valence-electron chi connectivity index (χ0n) is 8.77. The van der Waals surface area contributed by atoms with Crippen LogP contribution < -0.4 is 5.73 Å². The summed E-state index contributed by atoms with van der Waals surface area (Å²) >= 11 is 0. The highest BCUT2D eigenvalue weighted by atomic mass is 16.1. The number of ketones is 1. The Bertz CT molecular complexity index is 422. The summed E-state index contributed by atoms with van der Waals surface area (Å²) in [7, 11) is 0. The Kier molecular flexibility index (Phi) is 3.74. The number of carbonyl (C=O) groups excluding carboxylic acids is 1. The molecule has 0 saturated carbocycles. The Hall–Kier alpha value is -1.97. The molecule has 0 aromatic carbocycles. The van der Waals surface area contributed by atoms with Gasteiger partial charge in [-0.1, -0.05) is 12.2 Å². The third-order valence-corrected chi connectivity index (χ3v) is 1.77. The van der Waals surface area contributed by atoms with Gasteiger partial charge in [0, 0.05) is 19.3 Å². The fourth-order valence-corrected chi connectivity index (χ4v) is 1.09. The Morgan fingerprint density at radius 3 is 2.47 bits per heavy atom. The maximum absolute atomic E-state index is 11.2. The van der Waals surface area contributed by atoms with Gasteiger partial charge in [0.15, 0.2) is 5.78 Å². The quantitative estimate of drug-likeness (QED) is 0.597. The van der Waals surface area contributed by atoms with Gasteiger partial charge >= 0.3 is 0 Å². The fraction of sp³-hybridized carbons (Fsp3) is 0.182. The van der Waals surface area contributed by atoms with Crippen molar-refractivity contribution < 1.29 is 4.79 Å². The Morgan fingerprint density at radius 1 is 1.33 bits per heavy atom. The SMILES string of the molecule is C/C=C\C=C(/N)c1nccnc1C(C)=O. The molecular weight excluding hydrogens is 190 g/mol. The van der Waals surface area contributed by atoms with E-state index >= 15 is 0 Å². The van der Waals surface area contributed by atoms with Crippen LogP contribution in [0.15, 0.2) is 30.6 Å². The third-order valence-electron chi connectivity index (χ3n) is 1.77. The number of carbonyl (C=O) groups is 1. The molecule has 0 atom stereocenters. The van der Waals surface area contributed by atoms with Crippen LogP contribution in [0, 0.1) is 0 Å². The van der Waals surface area contributed by atoms with Gasteiger partial charge in [0.25, 0.3) is 0 Å². The van der Waals surface area contributed by atoms with Gasteiger partial charge in [0.2, 0.25) is 0 Å². The van der Waals surface area contributed by atoms with Crippen molar-refractivity contribution in [3.63, 3.8) is 0 Å². The lowest BCUT2D eigenvalue weighted by Crippen LogP contribution is -2.08. The molecule has 0 amide bonds. The van der Waals surface area contributed by atoms with Crippen molar-refractivity contribution in [2.24, 2.45) is 5.73 Å². The van der Waals surface area contributed by atoms with Crippen LogP contribution in [0.5, 0.6) is 0 Å². The van der Waals surface area contributed by atoms with Crippen LogP contribution in [0.25, 0.3) is 5.70 Å². The van der Waals surface area contributed by atoms with Gasteiger partial charge < -0.3 is 5.73 Å². The molecule has 0 radical (unpaired) electrons. The molecule has 4 nitrogen and oxygen atoms in total. The van der Waals surface area contributed by atoms with Crippen molar-refractivity contribution in [1.82, 2.24) is 9.97 Å². The second-order valence-electron chi connectivity index (χ2n) is 2.96. The molecule has 1 aromatic heterocycles. The van der Waals surface area contributed by atoms with E-state index in [9.17, 15) is 4.79 Å². The van der Waals surface area contributed by atoms with Crippen LogP contribution in [-0.4, -0.2) is 15.8 Å². The minimum absolute atomic E-state index is 0.144. The number of rotatable bonds is 3. The molecule has 0 aliphatic carbocycles. The Morgan fingerprint density at radius 2 is 1.93 bits per heavy atom. The molecule has 1 aromatic rings. The van der Waals surface area contributed by atoms with Gasteiger partial charge in [-0.25, -0.2) is 4.98 Å². The van der Waals surface area contributed by atoms with Crippen LogP contribution in [0.1, 0.15) is 30.0 Å². The number of hydrogen-bond acceptors (Lipinski definition) is 4. The molecule has 0 aliphatic heterocycles. The molecule has 0 aliphatic rings. The molecular formula is C11H13N3O. The number of Topliss-reactive ketones (excluding diaryl/α,β-unsaturated/α-hetero) is 1. The van der Waals surface area contributed by atoms with E-state index in [1.165, 1.54) is 19.3 Å². The monoisotopic (exact) mass is 203 g/mol. The van der Waals surface area contributed by atoms with Crippen LogP contribution in [0.2, 0.25) is 0 Å². The third kappa shape index (κ3) is 2.74. The lowest BCUT2D eigenvalue weighted by atomic mass is 10.2. The summed E-state index contributed by atoms with van der Waals surface area (Å²) < 4.78 is 0. The molecule has 1 rings (SSSR count). The minimum Gasteiger partial charge on any atom is -0.397 e. The molecule has 0 unspecified atom stereocenters. The van der Waals surface area contributed by atoms with Gasteiger partial charge in [0.1, 0.15) is 11.4 Å². The van der Waals surface area contributed by atoms with E-state index in [1.807, 2.05) is 13.0 Å². The summed E-state index contributed by atoms with van der Waals surface area (Å²) in [4.78, 5) is 19.2. The number of aromatic nitrogens is 2. The maximum atomic E-state index is 11.2. The van der Waals surface area contributed by atoms with Crippen molar-refractivity contribution in [3.8, 4) is 0 Å². The van der Waals surface area contributed by atoms with Gasteiger partial charge in [-0.15, -0.1) is 0 Å². The molecule has 0 fully saturated rings. The normalized spacial score (nSPS) is 12.0. The standard InChI is InChI=1S/C11H13N3O/c1-3-4-5-9(12)11-10(8(2)15)13-6-7-14-11/h3-7H,12H2,1-2H3/b4-3-,9-5-. The Balaban J connectivity index is 3.19. The summed E-state index contributed by atoms with van der Waals surface area (Å²) in [5.74, 6) is -0.144. The molecule has 0 saturated heterocycles. The molecule has 78 valence electrons. The summed E-state index contributed by atoms with van der Waals surface area (Å²) in [6, 6.07) is 0. The molecule has 0 spiro atoms. The van der Waals surface area contributed by atoms with Gasteiger partial charge in [-0.3, -0.25) is 9.78 Å². The highest BCUT2D eigenvalue weighted by Gasteiger charge is 2.10. The molecule has 15 heavy (non-hydrogen) atoms. The molecule has 1 heterocycles. The summed E-state index contributed by atoms with van der Waals surface area (Å²) in [5, 5.41) is 0. The molecule has 0 bridgehead atoms. The second kappa shape index (κ2) is 5.05. The number of nitrogens with zero attached hydrogens (tertiary/aromatic N) is 2. The summed E-state index contributed by atoms with van der Waals surface area (Å²) in [5.41, 5.74) is 6.95. The number of allylic oxidation sites excluding steroid dienone is 3. The highest BCUT2D eigenvalue weighted by Crippen LogP contribution is 2.10. The second-order valence-corrected chi connectivity index (χ2v) is 2.96. The Labute approximate surface area is 88.5 Å². The van der Waals surface area contributed by atoms with Crippen LogP contribution in [-0.2, 0) is 0 Å². The molecule has 2 N–H and O–H groups in total. The zero-order valence-corrected chi connectivity index (χ0v) is 8.77. The first kappa shape index (κ1) is 11.1. The van der Waals surface area contributed by atoms with E-state index in [2.05, 4.69) is 9.97 Å². The average molecular weight is 203 g/mol. The van der Waals surface area contributed by atoms with Crippen molar-refractivity contribution in [2.45, 2.75) is 13.8 Å². The smallest absolute Gasteiger partial charge is 0.180 e. The van der Waals surface area contributed by atoms with E-state index in [0.717, 1.165) is 0 Å². The van der Waals surface area contributed by atoms with Crippen LogP contribution >= 0.6 is 0 Å². The first-order chi connectivity index (χ1) is 7.16. The van der Waals surface area contributed by atoms with Crippen LogP contribution in [0.4, 0.5) is 0 Å². The van der Waals surface area contributed by atoms with Crippen molar-refractivity contribution in [3.05, 3.63) is 42.0 Å². The van der Waals surface area contributed by atoms with E-state index in [0.29, 0.717) is 17.1 Å². The minimum atomic E-state index is -0.144. The summed E-state index contributed by atoms with van der Waals surface area (Å²) in [6.45, 7) is 3.32. The lowest BCUT2D eigenvalue weighted by Gasteiger charge is -2.03. The average Bonchev–Trinajstić information content (AvgIpc) is 2.25. The van der Waals surface area contributed by atoms with Crippen molar-refractivity contribution >= 4 is 11.5 Å². The predicted octanol–water partition coefficient (Wildman–Crippen LogP) is 1.55. The number of hydrogen-bond donors (Lipinski definition) is 1. The topological polar surface area (TPSA) is 68.9 Å². The predicted molar refractivity (Wildman–Crippen MR) is 59.0 cm³/mol. The van der Waals surface area contributed by atoms with E-state index < -0.39 is 0 Å². The fourth-order valence-electron chi connectivity index (χ4n) is 1.09. The first-order valence-electron chi connectivity index (χ1n) is 4.57. The molecule has 4 heteroatoms. The van der Waals surface area contributed by atoms with E-state index in [-0.39, 0.29) is 5.78 Å². The van der Waals surface area contributed by atoms with Gasteiger partial charge in [-0.05, 0) is 13.0 Å². The van der Waals surface area contributed by atoms with Crippen molar-refractivity contribution in [1.29, 1.82) is 0 Å². The van der Waals surface area contributed by atoms with Crippen molar-refractivity contribution in [2.75, 3.05) is 0 Å². The van der Waals surface area contributed by atoms with Gasteiger partial charge in [-0.2, -0.15) is 0 Å². The largest absolute Gasteiger partial charge is 0.397 e. The van der Waals surface area contributed by atoms with Gasteiger partial charge in [0.05, 0.1) is 5.70 Å². The number of nitrogens with two attached hydrogens (primary N) is 1. The van der Waals surface area contributed by atoms with Crippen LogP contribution in [0.3, 0.4) is 0 Å². The highest BCUT2D eigenvalue weighted by molar-refractivity contribution is 5.96. The maximum Gasteiger partial charge on any atom is 0.180 e. The lowest BCUT2D eigenvalue weighted by molar-refractivity contribution is 0.101. The summed E-state index contributed by atoms with van der Waals surface area (Å²) in [6.07, 6.45) is 8.31. The van der Waals surface area contributed by atoms with E-state index in [4.69, 9.17) is 5.73 Å². The first-order valence-corrected chi connectivity index (χ1v) is 4.57. The zero-order chi connectivity index (χ0) is 11.3. The van der Waals surface area contributed by atoms with E-state index in [1.54, 1.807) is 12.2 Å².